The maximum atomic E-state index is 3.49. The van der Waals surface area contributed by atoms with Gasteiger partial charge in [0, 0.05) is 8.41 Å². The zero-order valence-corrected chi connectivity index (χ0v) is 5.68. The Balaban J connectivity index is 0.000000167. The van der Waals surface area contributed by atoms with Gasteiger partial charge in [-0.05, 0) is 0 Å². The standard InChI is InChI=1S/2C2H3N3.B/c2*1-2-4-5-3-1;/h2*1-2H,(H,3,4,5);. The summed E-state index contributed by atoms with van der Waals surface area (Å²) in [5, 5.41) is 18.7. The highest BCUT2D eigenvalue weighted by molar-refractivity contribution is 5.75. The van der Waals surface area contributed by atoms with Crippen molar-refractivity contribution in [3.8, 4) is 0 Å². The lowest BCUT2D eigenvalue weighted by atomic mass is 10.8. The summed E-state index contributed by atoms with van der Waals surface area (Å²) >= 11 is 0. The van der Waals surface area contributed by atoms with Gasteiger partial charge in [-0.3, -0.25) is 0 Å². The number of rotatable bonds is 0. The number of H-pyrrole nitrogens is 2. The molecule has 0 spiro atoms. The van der Waals surface area contributed by atoms with E-state index in [0.717, 1.165) is 0 Å². The van der Waals surface area contributed by atoms with Crippen molar-refractivity contribution < 1.29 is 0 Å². The molecule has 0 aliphatic carbocycles. The number of aromatic nitrogens is 6. The monoisotopic (exact) mass is 149 g/mol. The van der Waals surface area contributed by atoms with Crippen LogP contribution in [0.5, 0.6) is 0 Å². The first-order chi connectivity index (χ1) is 5.00. The van der Waals surface area contributed by atoms with Gasteiger partial charge >= 0.3 is 0 Å². The smallest absolute Gasteiger partial charge is 0.0690 e. The van der Waals surface area contributed by atoms with Crippen LogP contribution in [0.3, 0.4) is 0 Å². The van der Waals surface area contributed by atoms with Crippen LogP contribution in [-0.2, 0) is 0 Å². The van der Waals surface area contributed by atoms with Crippen LogP contribution in [0.25, 0.3) is 0 Å². The molecular formula is C4H6BN6. The average molecular weight is 149 g/mol. The Labute approximate surface area is 65.0 Å². The predicted octanol–water partition coefficient (Wildman–Crippen LogP) is -0.771. The Kier molecular flexibility index (Phi) is 5.49. The number of nitrogens with one attached hydrogen (secondary N) is 2. The summed E-state index contributed by atoms with van der Waals surface area (Å²) in [7, 11) is 0. The Bertz CT molecular complexity index is 154. The van der Waals surface area contributed by atoms with Crippen molar-refractivity contribution in [1.29, 1.82) is 0 Å². The SMILES string of the molecule is [B].c1cn[nH]n1.c1cn[nH]n1. The van der Waals surface area contributed by atoms with Crippen molar-refractivity contribution in [2.24, 2.45) is 0 Å². The number of aromatic amines is 2. The van der Waals surface area contributed by atoms with Crippen LogP contribution < -0.4 is 0 Å². The van der Waals surface area contributed by atoms with Crippen molar-refractivity contribution in [3.05, 3.63) is 24.8 Å². The summed E-state index contributed by atoms with van der Waals surface area (Å²) in [6.45, 7) is 0. The quantitative estimate of drug-likeness (QED) is 0.481. The molecule has 0 unspecified atom stereocenters. The Morgan fingerprint density at radius 3 is 1.00 bits per heavy atom. The molecule has 0 amide bonds. The summed E-state index contributed by atoms with van der Waals surface area (Å²) in [4.78, 5) is 0. The van der Waals surface area contributed by atoms with Gasteiger partial charge < -0.3 is 0 Å². The van der Waals surface area contributed by atoms with Gasteiger partial charge in [-0.15, -0.1) is 0 Å². The van der Waals surface area contributed by atoms with Crippen LogP contribution >= 0.6 is 0 Å². The zero-order chi connectivity index (χ0) is 7.07. The molecule has 0 aliphatic heterocycles. The van der Waals surface area contributed by atoms with E-state index in [1.54, 1.807) is 24.8 Å². The van der Waals surface area contributed by atoms with E-state index in [4.69, 9.17) is 0 Å². The second-order valence-electron chi connectivity index (χ2n) is 1.31. The lowest BCUT2D eigenvalue weighted by molar-refractivity contribution is 0.940. The zero-order valence-electron chi connectivity index (χ0n) is 5.68. The maximum absolute atomic E-state index is 3.49. The van der Waals surface area contributed by atoms with E-state index in [2.05, 4.69) is 30.8 Å². The van der Waals surface area contributed by atoms with E-state index in [9.17, 15) is 0 Å². The van der Waals surface area contributed by atoms with E-state index in [1.807, 2.05) is 0 Å². The van der Waals surface area contributed by atoms with Gasteiger partial charge in [-0.2, -0.15) is 30.8 Å². The number of hydrogen-bond acceptors (Lipinski definition) is 4. The number of hydrogen-bond donors (Lipinski definition) is 2. The van der Waals surface area contributed by atoms with Gasteiger partial charge in [0.25, 0.3) is 0 Å². The Morgan fingerprint density at radius 2 is 0.909 bits per heavy atom. The van der Waals surface area contributed by atoms with Crippen molar-refractivity contribution >= 4 is 8.41 Å². The summed E-state index contributed by atoms with van der Waals surface area (Å²) < 4.78 is 0. The third-order valence-electron chi connectivity index (χ3n) is 0.662. The predicted molar refractivity (Wildman–Crippen MR) is 38.5 cm³/mol. The largest absolute Gasteiger partial charge is 0.198 e. The van der Waals surface area contributed by atoms with Crippen molar-refractivity contribution in [2.45, 2.75) is 0 Å². The van der Waals surface area contributed by atoms with Crippen molar-refractivity contribution in [2.75, 3.05) is 0 Å². The van der Waals surface area contributed by atoms with Crippen molar-refractivity contribution in [3.63, 3.8) is 0 Å². The Hall–Kier alpha value is -1.66. The molecule has 2 aromatic rings. The minimum Gasteiger partial charge on any atom is -0.198 e. The summed E-state index contributed by atoms with van der Waals surface area (Å²) in [5.74, 6) is 0. The highest BCUT2D eigenvalue weighted by atomic mass is 15.3. The molecule has 0 aromatic carbocycles. The first-order valence-electron chi connectivity index (χ1n) is 2.59. The van der Waals surface area contributed by atoms with Crippen LogP contribution in [0.15, 0.2) is 24.8 Å². The summed E-state index contributed by atoms with van der Waals surface area (Å²) in [5.41, 5.74) is 0. The molecule has 0 aliphatic rings. The van der Waals surface area contributed by atoms with E-state index < -0.39 is 0 Å². The lowest BCUT2D eigenvalue weighted by Crippen LogP contribution is -1.61. The molecule has 0 atom stereocenters. The van der Waals surface area contributed by atoms with Gasteiger partial charge in [0.15, 0.2) is 0 Å². The molecule has 0 saturated heterocycles. The fourth-order valence-corrected chi connectivity index (χ4v) is 0.333. The topological polar surface area (TPSA) is 83.1 Å². The van der Waals surface area contributed by atoms with Gasteiger partial charge in [0.05, 0.1) is 24.8 Å². The molecule has 2 aromatic heterocycles. The molecule has 2 rings (SSSR count). The van der Waals surface area contributed by atoms with Crippen molar-refractivity contribution in [1.82, 2.24) is 30.8 Å². The minimum absolute atomic E-state index is 0. The molecule has 0 saturated carbocycles. The van der Waals surface area contributed by atoms with Crippen LogP contribution in [0.2, 0.25) is 0 Å². The van der Waals surface area contributed by atoms with E-state index in [-0.39, 0.29) is 8.41 Å². The second kappa shape index (κ2) is 6.46. The normalized spacial score (nSPS) is 7.27. The molecule has 2 N–H and O–H groups in total. The van der Waals surface area contributed by atoms with Crippen LogP contribution in [-0.4, -0.2) is 39.2 Å². The van der Waals surface area contributed by atoms with E-state index in [1.165, 1.54) is 0 Å². The molecule has 55 valence electrons. The van der Waals surface area contributed by atoms with Gasteiger partial charge in [-0.25, -0.2) is 0 Å². The molecule has 0 fully saturated rings. The molecule has 11 heavy (non-hydrogen) atoms. The molecule has 3 radical (unpaired) electrons. The highest BCUT2D eigenvalue weighted by Gasteiger charge is 1.57. The Morgan fingerprint density at radius 1 is 0.636 bits per heavy atom. The second-order valence-corrected chi connectivity index (χ2v) is 1.31. The van der Waals surface area contributed by atoms with Gasteiger partial charge in [0.2, 0.25) is 0 Å². The lowest BCUT2D eigenvalue weighted by Gasteiger charge is -1.48. The molecular weight excluding hydrogens is 143 g/mol. The summed E-state index contributed by atoms with van der Waals surface area (Å²) in [6.07, 6.45) is 6.33. The first kappa shape index (κ1) is 9.34. The molecule has 7 heteroatoms. The molecule has 2 heterocycles. The third-order valence-corrected chi connectivity index (χ3v) is 0.662. The van der Waals surface area contributed by atoms with Crippen LogP contribution in [0.4, 0.5) is 0 Å². The molecule has 6 nitrogen and oxygen atoms in total. The first-order valence-corrected chi connectivity index (χ1v) is 2.59. The summed E-state index contributed by atoms with van der Waals surface area (Å²) in [6, 6.07) is 0. The third kappa shape index (κ3) is 4.82. The fraction of sp³-hybridized carbons (Fsp3) is 0. The van der Waals surface area contributed by atoms with Crippen LogP contribution in [0, 0.1) is 0 Å². The average Bonchev–Trinajstić information content (AvgIpc) is 2.67. The maximum Gasteiger partial charge on any atom is 0.0690 e. The highest BCUT2D eigenvalue weighted by Crippen LogP contribution is 1.56. The fourth-order valence-electron chi connectivity index (χ4n) is 0.333. The number of nitrogens with zero attached hydrogens (tertiary/aromatic N) is 4. The van der Waals surface area contributed by atoms with Gasteiger partial charge in [0.1, 0.15) is 0 Å². The van der Waals surface area contributed by atoms with Crippen LogP contribution in [0.1, 0.15) is 0 Å². The van der Waals surface area contributed by atoms with Gasteiger partial charge in [-0.1, -0.05) is 0 Å². The molecule has 0 bridgehead atoms. The van der Waals surface area contributed by atoms with E-state index in [0.29, 0.717) is 0 Å². The van der Waals surface area contributed by atoms with E-state index >= 15 is 0 Å². The minimum atomic E-state index is 0.